The van der Waals surface area contributed by atoms with Crippen LogP contribution in [0.5, 0.6) is 0 Å². The van der Waals surface area contributed by atoms with Gasteiger partial charge in [-0.1, -0.05) is 60.7 Å². The number of rotatable bonds is 3. The summed E-state index contributed by atoms with van der Waals surface area (Å²) < 4.78 is 18.1. The van der Waals surface area contributed by atoms with Gasteiger partial charge in [0.1, 0.15) is 0 Å². The lowest BCUT2D eigenvalue weighted by atomic mass is 9.96. The lowest BCUT2D eigenvalue weighted by molar-refractivity contribution is 0.0892. The Bertz CT molecular complexity index is 705. The molecule has 5 heteroatoms. The van der Waals surface area contributed by atoms with Gasteiger partial charge in [0, 0.05) is 23.1 Å². The highest BCUT2D eigenvalue weighted by Gasteiger charge is 2.41. The molecule has 1 saturated heterocycles. The van der Waals surface area contributed by atoms with Crippen molar-refractivity contribution in [3.8, 4) is 0 Å². The zero-order valence-electron chi connectivity index (χ0n) is 13.6. The Morgan fingerprint density at radius 3 is 2.25 bits per heavy atom. The zero-order chi connectivity index (χ0) is 16.9. The van der Waals surface area contributed by atoms with Crippen molar-refractivity contribution in [2.45, 2.75) is 18.2 Å². The van der Waals surface area contributed by atoms with E-state index in [2.05, 4.69) is 0 Å². The topological polar surface area (TPSA) is 46.6 Å². The third-order valence-corrected chi connectivity index (χ3v) is 5.89. The summed E-state index contributed by atoms with van der Waals surface area (Å²) in [4.78, 5) is 14.2. The highest BCUT2D eigenvalue weighted by Crippen LogP contribution is 2.41. The first-order valence-electron chi connectivity index (χ1n) is 8.13. The zero-order valence-corrected chi connectivity index (χ0v) is 14.4. The number of nitrogens with zero attached hydrogens (tertiary/aromatic N) is 1. The van der Waals surface area contributed by atoms with Crippen molar-refractivity contribution in [2.24, 2.45) is 0 Å². The molecule has 2 aromatic rings. The van der Waals surface area contributed by atoms with Crippen LogP contribution in [0.2, 0.25) is 0 Å². The van der Waals surface area contributed by atoms with Crippen LogP contribution in [-0.2, 0) is 15.5 Å². The van der Waals surface area contributed by atoms with Crippen LogP contribution in [0.4, 0.5) is 4.79 Å². The lowest BCUT2D eigenvalue weighted by Crippen LogP contribution is -2.46. The van der Waals surface area contributed by atoms with Gasteiger partial charge in [-0.15, -0.1) is 0 Å². The summed E-state index contributed by atoms with van der Waals surface area (Å²) in [6, 6.07) is 19.3. The number of carbonyl (C=O) groups is 1. The Labute approximate surface area is 144 Å². The molecule has 1 aliphatic rings. The molecule has 1 amide bonds. The van der Waals surface area contributed by atoms with Crippen LogP contribution >= 0.6 is 0 Å². The molecule has 3 atom stereocenters. The minimum Gasteiger partial charge on any atom is -0.450 e. The maximum absolute atomic E-state index is 12.8. The molecule has 1 unspecified atom stereocenters. The van der Waals surface area contributed by atoms with Gasteiger partial charge in [-0.3, -0.25) is 9.11 Å². The number of hydrogen-bond donors (Lipinski definition) is 0. The minimum absolute atomic E-state index is 0.258. The van der Waals surface area contributed by atoms with E-state index in [-0.39, 0.29) is 17.4 Å². The van der Waals surface area contributed by atoms with E-state index in [1.165, 1.54) is 0 Å². The van der Waals surface area contributed by atoms with Crippen molar-refractivity contribution in [1.82, 2.24) is 4.90 Å². The maximum Gasteiger partial charge on any atom is 0.410 e. The molecule has 1 heterocycles. The van der Waals surface area contributed by atoms with Gasteiger partial charge in [0.15, 0.2) is 0 Å². The molecular formula is C19H21NO3S. The molecule has 1 aliphatic heterocycles. The van der Waals surface area contributed by atoms with Crippen LogP contribution in [-0.4, -0.2) is 34.1 Å². The van der Waals surface area contributed by atoms with Crippen molar-refractivity contribution in [1.29, 1.82) is 0 Å². The Hall–Kier alpha value is -2.14. The lowest BCUT2D eigenvalue weighted by Gasteiger charge is -2.40. The third kappa shape index (κ3) is 3.36. The highest BCUT2D eigenvalue weighted by atomic mass is 32.2. The molecule has 3 rings (SSSR count). The summed E-state index contributed by atoms with van der Waals surface area (Å²) in [7, 11) is -1.05. The summed E-state index contributed by atoms with van der Waals surface area (Å²) in [5.41, 5.74) is 1.96. The Morgan fingerprint density at radius 1 is 1.08 bits per heavy atom. The molecule has 4 nitrogen and oxygen atoms in total. The summed E-state index contributed by atoms with van der Waals surface area (Å²) in [5.74, 6) is 0.460. The van der Waals surface area contributed by atoms with E-state index in [9.17, 15) is 9.00 Å². The number of hydrogen-bond acceptors (Lipinski definition) is 3. The predicted molar refractivity (Wildman–Crippen MR) is 95.1 cm³/mol. The van der Waals surface area contributed by atoms with E-state index in [1.807, 2.05) is 60.7 Å². The predicted octanol–water partition coefficient (Wildman–Crippen LogP) is 3.69. The minimum atomic E-state index is -1.05. The van der Waals surface area contributed by atoms with Crippen LogP contribution < -0.4 is 0 Å². The molecule has 0 bridgehead atoms. The molecule has 0 aliphatic carbocycles. The van der Waals surface area contributed by atoms with Crippen LogP contribution in [0.3, 0.4) is 0 Å². The quantitative estimate of drug-likeness (QED) is 0.854. The van der Waals surface area contributed by atoms with Gasteiger partial charge in [0.2, 0.25) is 0 Å². The SMILES string of the molecule is CCOC(=O)N1CCS(=O)[C@H](c2ccccc2)[C@@H]1c1ccccc1. The van der Waals surface area contributed by atoms with E-state index >= 15 is 0 Å². The van der Waals surface area contributed by atoms with Gasteiger partial charge in [-0.2, -0.15) is 0 Å². The van der Waals surface area contributed by atoms with Crippen molar-refractivity contribution < 1.29 is 13.7 Å². The van der Waals surface area contributed by atoms with E-state index < -0.39 is 10.8 Å². The molecule has 126 valence electrons. The molecule has 0 N–H and O–H groups in total. The van der Waals surface area contributed by atoms with E-state index in [0.717, 1.165) is 11.1 Å². The van der Waals surface area contributed by atoms with Crippen LogP contribution in [0, 0.1) is 0 Å². The van der Waals surface area contributed by atoms with Crippen LogP contribution in [0.25, 0.3) is 0 Å². The molecule has 1 fully saturated rings. The average Bonchev–Trinajstić information content (AvgIpc) is 2.63. The molecule has 0 radical (unpaired) electrons. The van der Waals surface area contributed by atoms with Crippen LogP contribution in [0.15, 0.2) is 60.7 Å². The van der Waals surface area contributed by atoms with Crippen molar-refractivity contribution in [3.63, 3.8) is 0 Å². The van der Waals surface area contributed by atoms with E-state index in [4.69, 9.17) is 4.74 Å². The monoisotopic (exact) mass is 343 g/mol. The van der Waals surface area contributed by atoms with Gasteiger partial charge in [-0.25, -0.2) is 4.79 Å². The second kappa shape index (κ2) is 7.62. The standard InChI is InChI=1S/C19H21NO3S/c1-2-23-19(21)20-13-14-24(22)18(16-11-7-4-8-12-16)17(20)15-9-5-3-6-10-15/h3-12,17-18H,2,13-14H2,1H3/t17-,18+,24?/m0/s1. The fourth-order valence-corrected chi connectivity index (χ4v) is 4.84. The molecule has 0 spiro atoms. The van der Waals surface area contributed by atoms with Gasteiger partial charge >= 0.3 is 6.09 Å². The Kier molecular flexibility index (Phi) is 5.30. The highest BCUT2D eigenvalue weighted by molar-refractivity contribution is 7.85. The molecule has 0 aromatic heterocycles. The Morgan fingerprint density at radius 2 is 1.67 bits per heavy atom. The fraction of sp³-hybridized carbons (Fsp3) is 0.316. The van der Waals surface area contributed by atoms with Crippen molar-refractivity contribution >= 4 is 16.9 Å². The second-order valence-corrected chi connectivity index (χ2v) is 7.34. The van der Waals surface area contributed by atoms with Crippen molar-refractivity contribution in [2.75, 3.05) is 18.9 Å². The Balaban J connectivity index is 2.06. The summed E-state index contributed by atoms with van der Waals surface area (Å²) >= 11 is 0. The largest absolute Gasteiger partial charge is 0.450 e. The summed E-state index contributed by atoms with van der Waals surface area (Å²) in [5, 5.41) is -0.258. The first-order chi connectivity index (χ1) is 11.7. The number of carbonyl (C=O) groups excluding carboxylic acids is 1. The van der Waals surface area contributed by atoms with E-state index in [1.54, 1.807) is 11.8 Å². The number of amides is 1. The molecular weight excluding hydrogens is 322 g/mol. The normalized spacial score (nSPS) is 23.7. The van der Waals surface area contributed by atoms with Gasteiger partial charge in [-0.05, 0) is 18.1 Å². The smallest absolute Gasteiger partial charge is 0.410 e. The van der Waals surface area contributed by atoms with Crippen molar-refractivity contribution in [3.05, 3.63) is 71.8 Å². The molecule has 24 heavy (non-hydrogen) atoms. The number of ether oxygens (including phenoxy) is 1. The van der Waals surface area contributed by atoms with E-state index in [0.29, 0.717) is 18.9 Å². The van der Waals surface area contributed by atoms with Gasteiger partial charge in [0.25, 0.3) is 0 Å². The summed E-state index contributed by atoms with van der Waals surface area (Å²) in [6.07, 6.45) is -0.344. The fourth-order valence-electron chi connectivity index (χ4n) is 3.15. The maximum atomic E-state index is 12.8. The molecule has 2 aromatic carbocycles. The first kappa shape index (κ1) is 16.7. The summed E-state index contributed by atoms with van der Waals surface area (Å²) in [6.45, 7) is 2.57. The van der Waals surface area contributed by atoms with Gasteiger partial charge in [0.05, 0.1) is 17.9 Å². The number of benzene rings is 2. The van der Waals surface area contributed by atoms with Crippen LogP contribution in [0.1, 0.15) is 29.3 Å². The molecule has 0 saturated carbocycles. The van der Waals surface area contributed by atoms with Gasteiger partial charge < -0.3 is 4.74 Å². The third-order valence-electron chi connectivity index (χ3n) is 4.21. The first-order valence-corrected chi connectivity index (χ1v) is 9.51. The second-order valence-electron chi connectivity index (χ2n) is 5.66. The average molecular weight is 343 g/mol.